The number of nitrogens with zero attached hydrogens (tertiary/aromatic N) is 2. The highest BCUT2D eigenvalue weighted by molar-refractivity contribution is 6.35. The zero-order valence-electron chi connectivity index (χ0n) is 16.3. The standard InChI is InChI=1S/C23H19Cl2FN2O2/c1-2-30-23(29)21-18-5-3-4-15(12-14-6-9-17(26)10-7-14)22(18)28(27-21)20-11-8-16(24)13-19(20)25/h6-13H,2-5H2,1H3. The summed E-state index contributed by atoms with van der Waals surface area (Å²) in [7, 11) is 0. The summed E-state index contributed by atoms with van der Waals surface area (Å²) in [5.74, 6) is -0.746. The number of aromatic nitrogens is 2. The Bertz CT molecular complexity index is 1140. The molecule has 0 radical (unpaired) electrons. The monoisotopic (exact) mass is 444 g/mol. The van der Waals surface area contributed by atoms with E-state index in [1.54, 1.807) is 41.9 Å². The Labute approximate surface area is 183 Å². The van der Waals surface area contributed by atoms with Gasteiger partial charge in [0.25, 0.3) is 0 Å². The highest BCUT2D eigenvalue weighted by Crippen LogP contribution is 2.37. The fourth-order valence-corrected chi connectivity index (χ4v) is 4.17. The SMILES string of the molecule is CCOC(=O)c1nn(-c2ccc(Cl)cc2Cl)c2c1CCCC2=Cc1ccc(F)cc1. The van der Waals surface area contributed by atoms with Crippen molar-refractivity contribution in [2.24, 2.45) is 0 Å². The van der Waals surface area contributed by atoms with Crippen molar-refractivity contribution in [1.82, 2.24) is 9.78 Å². The minimum absolute atomic E-state index is 0.264. The molecule has 4 rings (SSSR count). The third kappa shape index (κ3) is 4.00. The second-order valence-corrected chi connectivity index (χ2v) is 7.82. The quantitative estimate of drug-likeness (QED) is 0.439. The first-order valence-electron chi connectivity index (χ1n) is 9.69. The highest BCUT2D eigenvalue weighted by atomic mass is 35.5. The first kappa shape index (κ1) is 20.6. The largest absolute Gasteiger partial charge is 0.461 e. The molecule has 3 aromatic rings. The summed E-state index contributed by atoms with van der Waals surface area (Å²) in [6, 6.07) is 11.4. The third-order valence-corrected chi connectivity index (χ3v) is 5.52. The highest BCUT2D eigenvalue weighted by Gasteiger charge is 2.29. The molecule has 0 spiro atoms. The van der Waals surface area contributed by atoms with Crippen molar-refractivity contribution in [3.05, 3.63) is 80.8 Å². The number of hydrogen-bond donors (Lipinski definition) is 0. The normalized spacial score (nSPS) is 14.6. The molecular weight excluding hydrogens is 426 g/mol. The fraction of sp³-hybridized carbons (Fsp3) is 0.217. The van der Waals surface area contributed by atoms with E-state index in [0.29, 0.717) is 27.8 Å². The minimum Gasteiger partial charge on any atom is -0.461 e. The van der Waals surface area contributed by atoms with Crippen molar-refractivity contribution in [2.45, 2.75) is 26.2 Å². The molecule has 0 unspecified atom stereocenters. The van der Waals surface area contributed by atoms with Gasteiger partial charge in [-0.2, -0.15) is 5.10 Å². The van der Waals surface area contributed by atoms with E-state index in [2.05, 4.69) is 5.10 Å². The maximum absolute atomic E-state index is 13.3. The summed E-state index contributed by atoms with van der Waals surface area (Å²) in [4.78, 5) is 12.6. The maximum Gasteiger partial charge on any atom is 0.359 e. The smallest absolute Gasteiger partial charge is 0.359 e. The summed E-state index contributed by atoms with van der Waals surface area (Å²) in [6.45, 7) is 2.03. The average Bonchev–Trinajstić information content (AvgIpc) is 3.10. The van der Waals surface area contributed by atoms with E-state index in [4.69, 9.17) is 27.9 Å². The second-order valence-electron chi connectivity index (χ2n) is 6.98. The van der Waals surface area contributed by atoms with Gasteiger partial charge in [-0.05, 0) is 73.7 Å². The van der Waals surface area contributed by atoms with Gasteiger partial charge in [-0.25, -0.2) is 13.9 Å². The zero-order valence-corrected chi connectivity index (χ0v) is 17.8. The molecule has 0 aliphatic heterocycles. The number of carbonyl (C=O) groups is 1. The molecule has 1 aliphatic carbocycles. The topological polar surface area (TPSA) is 44.1 Å². The van der Waals surface area contributed by atoms with E-state index in [0.717, 1.165) is 35.2 Å². The van der Waals surface area contributed by atoms with Crippen LogP contribution in [0, 0.1) is 5.82 Å². The van der Waals surface area contributed by atoms with Gasteiger partial charge in [0.1, 0.15) is 5.82 Å². The number of halogens is 3. The van der Waals surface area contributed by atoms with Crippen molar-refractivity contribution in [2.75, 3.05) is 6.61 Å². The molecule has 0 saturated carbocycles. The Kier molecular flexibility index (Phi) is 5.93. The predicted octanol–water partition coefficient (Wildman–Crippen LogP) is 6.37. The number of fused-ring (bicyclic) bond motifs is 1. The van der Waals surface area contributed by atoms with Crippen LogP contribution >= 0.6 is 23.2 Å². The summed E-state index contributed by atoms with van der Waals surface area (Å²) in [5, 5.41) is 5.53. The minimum atomic E-state index is -0.458. The van der Waals surface area contributed by atoms with Crippen LogP contribution in [0.4, 0.5) is 4.39 Å². The summed E-state index contributed by atoms with van der Waals surface area (Å²) in [5.41, 5.74) is 4.43. The molecule has 30 heavy (non-hydrogen) atoms. The average molecular weight is 445 g/mol. The fourth-order valence-electron chi connectivity index (χ4n) is 3.68. The van der Waals surface area contributed by atoms with Crippen molar-refractivity contribution >= 4 is 40.8 Å². The van der Waals surface area contributed by atoms with E-state index in [1.165, 1.54) is 12.1 Å². The van der Waals surface area contributed by atoms with Crippen LogP contribution in [0.15, 0.2) is 42.5 Å². The lowest BCUT2D eigenvalue weighted by Crippen LogP contribution is -2.10. The molecule has 1 heterocycles. The molecule has 1 aromatic heterocycles. The predicted molar refractivity (Wildman–Crippen MR) is 117 cm³/mol. The van der Waals surface area contributed by atoms with Gasteiger partial charge in [-0.3, -0.25) is 0 Å². The summed E-state index contributed by atoms with van der Waals surface area (Å²) < 4.78 is 20.2. The van der Waals surface area contributed by atoms with E-state index >= 15 is 0 Å². The Balaban J connectivity index is 1.92. The van der Waals surface area contributed by atoms with E-state index in [-0.39, 0.29) is 12.4 Å². The van der Waals surface area contributed by atoms with Gasteiger partial charge in [-0.1, -0.05) is 35.3 Å². The second kappa shape index (κ2) is 8.62. The van der Waals surface area contributed by atoms with Crippen molar-refractivity contribution in [3.63, 3.8) is 0 Å². The van der Waals surface area contributed by atoms with Crippen LogP contribution in [0.2, 0.25) is 10.0 Å². The number of ether oxygens (including phenoxy) is 1. The van der Waals surface area contributed by atoms with Crippen molar-refractivity contribution < 1.29 is 13.9 Å². The third-order valence-electron chi connectivity index (χ3n) is 4.98. The number of esters is 1. The molecule has 4 nitrogen and oxygen atoms in total. The molecule has 0 bridgehead atoms. The molecule has 1 aliphatic rings. The molecule has 2 aromatic carbocycles. The van der Waals surface area contributed by atoms with E-state index in [9.17, 15) is 9.18 Å². The Morgan fingerprint density at radius 2 is 1.97 bits per heavy atom. The summed E-state index contributed by atoms with van der Waals surface area (Å²) in [6.07, 6.45) is 4.36. The number of hydrogen-bond acceptors (Lipinski definition) is 3. The Hall–Kier alpha value is -2.63. The van der Waals surface area contributed by atoms with Gasteiger partial charge in [0.05, 0.1) is 23.0 Å². The van der Waals surface area contributed by atoms with Crippen LogP contribution in [0.1, 0.15) is 47.1 Å². The molecule has 0 atom stereocenters. The van der Waals surface area contributed by atoms with Gasteiger partial charge < -0.3 is 4.74 Å². The number of allylic oxidation sites excluding steroid dienone is 1. The molecule has 0 amide bonds. The molecule has 154 valence electrons. The zero-order chi connectivity index (χ0) is 21.3. The molecule has 0 fully saturated rings. The van der Waals surface area contributed by atoms with E-state index in [1.807, 2.05) is 6.08 Å². The van der Waals surface area contributed by atoms with Crippen LogP contribution in [0.3, 0.4) is 0 Å². The number of rotatable bonds is 4. The maximum atomic E-state index is 13.3. The van der Waals surface area contributed by atoms with Gasteiger partial charge in [-0.15, -0.1) is 0 Å². The van der Waals surface area contributed by atoms with Crippen molar-refractivity contribution in [3.8, 4) is 5.69 Å². The molecule has 0 N–H and O–H groups in total. The van der Waals surface area contributed by atoms with Gasteiger partial charge in [0.15, 0.2) is 5.69 Å². The molecular formula is C23H19Cl2FN2O2. The van der Waals surface area contributed by atoms with Crippen LogP contribution in [0.5, 0.6) is 0 Å². The van der Waals surface area contributed by atoms with Gasteiger partial charge >= 0.3 is 5.97 Å². The van der Waals surface area contributed by atoms with Crippen LogP contribution < -0.4 is 0 Å². The lowest BCUT2D eigenvalue weighted by atomic mass is 9.89. The number of benzene rings is 2. The van der Waals surface area contributed by atoms with Crippen LogP contribution in [0.25, 0.3) is 17.3 Å². The Morgan fingerprint density at radius 3 is 2.67 bits per heavy atom. The van der Waals surface area contributed by atoms with E-state index < -0.39 is 5.97 Å². The lowest BCUT2D eigenvalue weighted by Gasteiger charge is -2.19. The molecule has 7 heteroatoms. The van der Waals surface area contributed by atoms with Gasteiger partial charge in [0, 0.05) is 10.6 Å². The first-order chi connectivity index (χ1) is 14.5. The molecule has 0 saturated heterocycles. The van der Waals surface area contributed by atoms with Crippen LogP contribution in [-0.2, 0) is 11.2 Å². The Morgan fingerprint density at radius 1 is 1.20 bits per heavy atom. The van der Waals surface area contributed by atoms with Crippen molar-refractivity contribution in [1.29, 1.82) is 0 Å². The summed E-state index contributed by atoms with van der Waals surface area (Å²) >= 11 is 12.5. The van der Waals surface area contributed by atoms with Crippen LogP contribution in [-0.4, -0.2) is 22.4 Å². The van der Waals surface area contributed by atoms with Gasteiger partial charge in [0.2, 0.25) is 0 Å². The lowest BCUT2D eigenvalue weighted by molar-refractivity contribution is 0.0517. The first-order valence-corrected chi connectivity index (χ1v) is 10.4. The number of carbonyl (C=O) groups excluding carboxylic acids is 1.